The molecule has 0 bridgehead atoms. The van der Waals surface area contributed by atoms with Crippen molar-refractivity contribution in [2.45, 2.75) is 103 Å². The molecule has 12 nitrogen and oxygen atoms in total. The lowest BCUT2D eigenvalue weighted by atomic mass is 9.84. The molecule has 2 aromatic heterocycles. The van der Waals surface area contributed by atoms with Gasteiger partial charge in [-0.1, -0.05) is 10.1 Å². The molecular formula is C24H36N8O4. The van der Waals surface area contributed by atoms with Crippen molar-refractivity contribution >= 4 is 11.9 Å². The molecule has 12 heteroatoms. The molecule has 2 aliphatic heterocycles. The van der Waals surface area contributed by atoms with Gasteiger partial charge in [0.15, 0.2) is 11.1 Å². The minimum atomic E-state index is -0.894. The van der Waals surface area contributed by atoms with E-state index in [2.05, 4.69) is 10.2 Å². The van der Waals surface area contributed by atoms with Crippen molar-refractivity contribution in [3.63, 3.8) is 0 Å². The summed E-state index contributed by atoms with van der Waals surface area (Å²) in [5.41, 5.74) is -1.72. The van der Waals surface area contributed by atoms with E-state index < -0.39 is 22.2 Å². The van der Waals surface area contributed by atoms with Gasteiger partial charge >= 0.3 is 11.9 Å². The van der Waals surface area contributed by atoms with Crippen LogP contribution in [0.25, 0.3) is 0 Å². The molecule has 4 rings (SSSR count). The maximum atomic E-state index is 12.8. The Hall–Kier alpha value is -3.12. The Bertz CT molecular complexity index is 1130. The van der Waals surface area contributed by atoms with Crippen LogP contribution < -0.4 is 0 Å². The molecule has 0 unspecified atom stereocenters. The minimum Gasteiger partial charge on any atom is -0.744 e. The summed E-state index contributed by atoms with van der Waals surface area (Å²) in [6, 6.07) is 0. The third kappa shape index (κ3) is 3.57. The van der Waals surface area contributed by atoms with Crippen molar-refractivity contribution < 1.29 is 19.9 Å². The van der Waals surface area contributed by atoms with Gasteiger partial charge in [-0.15, -0.1) is 19.6 Å². The lowest BCUT2D eigenvalue weighted by Crippen LogP contribution is -2.53. The van der Waals surface area contributed by atoms with Gasteiger partial charge in [0, 0.05) is 11.1 Å². The fourth-order valence-electron chi connectivity index (χ4n) is 4.39. The van der Waals surface area contributed by atoms with Crippen LogP contribution in [0.2, 0.25) is 0 Å². The van der Waals surface area contributed by atoms with Crippen molar-refractivity contribution in [2.75, 3.05) is 0 Å². The summed E-state index contributed by atoms with van der Waals surface area (Å²) in [6.07, 6.45) is 9.97. The van der Waals surface area contributed by atoms with Gasteiger partial charge in [-0.3, -0.25) is 9.48 Å². The smallest absolute Gasteiger partial charge is 0.411 e. The largest absolute Gasteiger partial charge is 0.744 e. The maximum absolute atomic E-state index is 12.8. The zero-order valence-corrected chi connectivity index (χ0v) is 22.3. The molecule has 0 N–H and O–H groups in total. The highest BCUT2D eigenvalue weighted by Crippen LogP contribution is 2.37. The Morgan fingerprint density at radius 2 is 1.03 bits per heavy atom. The Morgan fingerprint density at radius 1 is 0.694 bits per heavy atom. The monoisotopic (exact) mass is 500 g/mol. The van der Waals surface area contributed by atoms with E-state index in [1.54, 1.807) is 80.2 Å². The van der Waals surface area contributed by atoms with E-state index in [0.717, 1.165) is 56.4 Å². The Kier molecular flexibility index (Phi) is 5.91. The van der Waals surface area contributed by atoms with E-state index in [-0.39, 0.29) is 11.9 Å². The molecule has 4 heterocycles. The molecule has 0 saturated carbocycles. The topological polar surface area (TPSA) is 134 Å². The summed E-state index contributed by atoms with van der Waals surface area (Å²) in [7, 11) is 0. The first kappa shape index (κ1) is 26.0. The molecule has 0 fully saturated rings. The molecule has 2 radical (unpaired) electrons. The van der Waals surface area contributed by atoms with Crippen LogP contribution in [0.4, 0.5) is 0 Å². The van der Waals surface area contributed by atoms with Crippen LogP contribution in [0.1, 0.15) is 79.4 Å². The average molecular weight is 501 g/mol. The second kappa shape index (κ2) is 8.20. The number of rotatable bonds is 5. The molecule has 2 aromatic rings. The molecule has 0 spiro atoms. The van der Waals surface area contributed by atoms with Crippen LogP contribution >= 0.6 is 0 Å². The highest BCUT2D eigenvalue weighted by Gasteiger charge is 2.59. The van der Waals surface area contributed by atoms with E-state index in [9.17, 15) is 20.8 Å². The van der Waals surface area contributed by atoms with Crippen molar-refractivity contribution in [3.8, 4) is 0 Å². The fourth-order valence-corrected chi connectivity index (χ4v) is 4.39. The second-order valence-corrected chi connectivity index (χ2v) is 11.8. The molecule has 0 amide bonds. The number of unbranched alkanes of at least 4 members (excludes halogenated alkanes) is 1. The molecule has 0 saturated heterocycles. The number of hydroxylamine groups is 6. The third-order valence-electron chi connectivity index (χ3n) is 8.61. The van der Waals surface area contributed by atoms with Gasteiger partial charge in [-0.2, -0.15) is 0 Å². The molecule has 0 atom stereocenters. The zero-order valence-electron chi connectivity index (χ0n) is 22.3. The zero-order chi connectivity index (χ0) is 26.8. The molecule has 0 aromatic carbocycles. The molecular weight excluding hydrogens is 464 g/mol. The first-order valence-corrected chi connectivity index (χ1v) is 12.3. The van der Waals surface area contributed by atoms with Gasteiger partial charge in [-0.05, 0) is 91.5 Å². The predicted octanol–water partition coefficient (Wildman–Crippen LogP) is 2.51. The van der Waals surface area contributed by atoms with Gasteiger partial charge in [0.1, 0.15) is 11.1 Å². The molecule has 36 heavy (non-hydrogen) atoms. The van der Waals surface area contributed by atoms with Crippen molar-refractivity contribution in [2.24, 2.45) is 0 Å². The standard InChI is InChI=1S/C24H36N8O4/c1-21(2)22(3,4)30(34)19(29(21)33)27-15-17(13-25-27)11-9-10-12-18-14-26-28(16-18)20-31(35)23(5,6)24(7,8)32(20)36/h13-16H,9-12H2,1-8H3. The Balaban J connectivity index is 1.36. The highest BCUT2D eigenvalue weighted by molar-refractivity contribution is 5.79. The number of hydrogen-bond donors (Lipinski definition) is 0. The number of nitrogens with zero attached hydrogens (tertiary/aromatic N) is 8. The number of aryl methyl sites for hydroxylation is 2. The van der Waals surface area contributed by atoms with Crippen LogP contribution in [-0.2, 0) is 23.3 Å². The Labute approximate surface area is 211 Å². The van der Waals surface area contributed by atoms with E-state index in [1.165, 1.54) is 9.36 Å². The van der Waals surface area contributed by atoms with Crippen LogP contribution in [0, 0.1) is 10.4 Å². The summed E-state index contributed by atoms with van der Waals surface area (Å²) in [4.78, 5) is 0. The highest BCUT2D eigenvalue weighted by atomic mass is 16.6. The minimum absolute atomic E-state index is 0.0285. The van der Waals surface area contributed by atoms with Gasteiger partial charge in [0.05, 0.1) is 24.8 Å². The first-order chi connectivity index (χ1) is 16.5. The lowest BCUT2D eigenvalue weighted by molar-refractivity contribution is -0.541. The van der Waals surface area contributed by atoms with Crippen LogP contribution in [0.5, 0.6) is 0 Å². The van der Waals surface area contributed by atoms with Crippen LogP contribution in [0.15, 0.2) is 24.8 Å². The van der Waals surface area contributed by atoms with Gasteiger partial charge in [0.25, 0.3) is 0 Å². The van der Waals surface area contributed by atoms with E-state index >= 15 is 0 Å². The normalized spacial score (nSPS) is 22.3. The van der Waals surface area contributed by atoms with E-state index in [0.29, 0.717) is 0 Å². The van der Waals surface area contributed by atoms with Gasteiger partial charge < -0.3 is 10.4 Å². The quantitative estimate of drug-likeness (QED) is 0.352. The summed E-state index contributed by atoms with van der Waals surface area (Å²) < 4.78 is 4.21. The van der Waals surface area contributed by atoms with Crippen LogP contribution in [-0.4, -0.2) is 73.2 Å². The first-order valence-electron chi connectivity index (χ1n) is 12.3. The molecule has 0 aliphatic carbocycles. The predicted molar refractivity (Wildman–Crippen MR) is 131 cm³/mol. The molecule has 196 valence electrons. The average Bonchev–Trinajstić information content (AvgIpc) is 3.50. The summed E-state index contributed by atoms with van der Waals surface area (Å²) in [6.45, 7) is 14.0. The summed E-state index contributed by atoms with van der Waals surface area (Å²) in [5, 5.41) is 61.3. The number of hydrogen-bond acceptors (Lipinski definition) is 6. The van der Waals surface area contributed by atoms with E-state index in [1.807, 2.05) is 0 Å². The fraction of sp³-hybridized carbons (Fsp3) is 0.667. The lowest BCUT2D eigenvalue weighted by Gasteiger charge is -2.34. The SMILES string of the molecule is CC1(C)N([O])C(n2cc(CCCCc3cnn(C4=[N+]([O-])C(C)(C)C(C)(C)N4[O])c3)cn2)=[N+]([O-])C1(C)C. The van der Waals surface area contributed by atoms with Gasteiger partial charge in [0.2, 0.25) is 0 Å². The van der Waals surface area contributed by atoms with Crippen molar-refractivity contribution in [1.29, 1.82) is 0 Å². The van der Waals surface area contributed by atoms with Crippen molar-refractivity contribution in [3.05, 3.63) is 46.3 Å². The molecule has 2 aliphatic rings. The Morgan fingerprint density at radius 3 is 1.31 bits per heavy atom. The summed E-state index contributed by atoms with van der Waals surface area (Å²) in [5.74, 6) is -0.0569. The van der Waals surface area contributed by atoms with Gasteiger partial charge in [-0.25, -0.2) is 0 Å². The summed E-state index contributed by atoms with van der Waals surface area (Å²) >= 11 is 0. The number of aromatic nitrogens is 4. The second-order valence-electron chi connectivity index (χ2n) is 11.8. The van der Waals surface area contributed by atoms with Crippen LogP contribution in [0.3, 0.4) is 0 Å². The van der Waals surface area contributed by atoms with E-state index in [4.69, 9.17) is 0 Å². The maximum Gasteiger partial charge on any atom is 0.411 e. The third-order valence-corrected chi connectivity index (χ3v) is 8.61. The van der Waals surface area contributed by atoms with Crippen molar-refractivity contribution in [1.82, 2.24) is 29.7 Å².